The average Bonchev–Trinajstić information content (AvgIpc) is 2.16. The van der Waals surface area contributed by atoms with E-state index >= 15 is 0 Å². The van der Waals surface area contributed by atoms with Gasteiger partial charge in [0.05, 0.1) is 0 Å². The van der Waals surface area contributed by atoms with Gasteiger partial charge in [-0.2, -0.15) is 0 Å². The van der Waals surface area contributed by atoms with Crippen LogP contribution in [0.3, 0.4) is 0 Å². The van der Waals surface area contributed by atoms with Crippen molar-refractivity contribution in [2.24, 2.45) is 5.92 Å². The third-order valence-electron chi connectivity index (χ3n) is 2.94. The van der Waals surface area contributed by atoms with Gasteiger partial charge in [0.15, 0.2) is 0 Å². The summed E-state index contributed by atoms with van der Waals surface area (Å²) in [6.07, 6.45) is 2.36. The maximum absolute atomic E-state index is 5.95. The molecule has 1 atom stereocenters. The molecule has 0 saturated heterocycles. The lowest BCUT2D eigenvalue weighted by molar-refractivity contribution is 0.483. The standard InChI is InChI=1S/C12H16ClN/c1-8(2)11-5-3-9-7-10(13)4-6-12(9)14-11/h4,6-8,11,14H,3,5H2,1-2H3. The molecule has 14 heavy (non-hydrogen) atoms. The van der Waals surface area contributed by atoms with E-state index in [1.165, 1.54) is 17.7 Å². The Bertz CT molecular complexity index is 333. The fraction of sp³-hybridized carbons (Fsp3) is 0.500. The molecule has 0 radical (unpaired) electrons. The van der Waals surface area contributed by atoms with Crippen molar-refractivity contribution in [3.8, 4) is 0 Å². The van der Waals surface area contributed by atoms with Crippen molar-refractivity contribution in [3.63, 3.8) is 0 Å². The quantitative estimate of drug-likeness (QED) is 0.744. The number of hydrogen-bond donors (Lipinski definition) is 1. The predicted molar refractivity (Wildman–Crippen MR) is 62.0 cm³/mol. The zero-order valence-electron chi connectivity index (χ0n) is 8.68. The molecule has 1 aromatic carbocycles. The zero-order chi connectivity index (χ0) is 10.1. The fourth-order valence-electron chi connectivity index (χ4n) is 1.99. The first-order valence-electron chi connectivity index (χ1n) is 5.22. The molecule has 1 aliphatic heterocycles. The Morgan fingerprint density at radius 3 is 2.93 bits per heavy atom. The van der Waals surface area contributed by atoms with Crippen LogP contribution in [0.1, 0.15) is 25.8 Å². The van der Waals surface area contributed by atoms with E-state index in [0.29, 0.717) is 12.0 Å². The number of aryl methyl sites for hydroxylation is 1. The molecule has 0 fully saturated rings. The van der Waals surface area contributed by atoms with Gasteiger partial charge in [-0.1, -0.05) is 25.4 Å². The molecule has 1 nitrogen and oxygen atoms in total. The minimum absolute atomic E-state index is 0.615. The highest BCUT2D eigenvalue weighted by molar-refractivity contribution is 6.30. The second-order valence-corrected chi connectivity index (χ2v) is 4.77. The fourth-order valence-corrected chi connectivity index (χ4v) is 2.19. The summed E-state index contributed by atoms with van der Waals surface area (Å²) in [6, 6.07) is 6.73. The molecule has 0 amide bonds. The van der Waals surface area contributed by atoms with Crippen molar-refractivity contribution in [2.45, 2.75) is 32.7 Å². The van der Waals surface area contributed by atoms with Crippen molar-refractivity contribution in [2.75, 3.05) is 5.32 Å². The number of hydrogen-bond acceptors (Lipinski definition) is 1. The van der Waals surface area contributed by atoms with Gasteiger partial charge in [0.25, 0.3) is 0 Å². The largest absolute Gasteiger partial charge is 0.382 e. The maximum atomic E-state index is 5.95. The molecular formula is C12H16ClN. The summed E-state index contributed by atoms with van der Waals surface area (Å²) in [4.78, 5) is 0. The Labute approximate surface area is 90.5 Å². The van der Waals surface area contributed by atoms with Crippen molar-refractivity contribution in [3.05, 3.63) is 28.8 Å². The molecule has 0 saturated carbocycles. The van der Waals surface area contributed by atoms with Crippen LogP contribution in [-0.4, -0.2) is 6.04 Å². The van der Waals surface area contributed by atoms with Gasteiger partial charge in [-0.05, 0) is 42.5 Å². The van der Waals surface area contributed by atoms with Crippen LogP contribution in [0, 0.1) is 5.92 Å². The van der Waals surface area contributed by atoms with Gasteiger partial charge in [-0.15, -0.1) is 0 Å². The molecule has 0 aromatic heterocycles. The van der Waals surface area contributed by atoms with Crippen molar-refractivity contribution < 1.29 is 0 Å². The summed E-state index contributed by atoms with van der Waals surface area (Å²) in [5, 5.41) is 4.41. The van der Waals surface area contributed by atoms with Gasteiger partial charge in [0, 0.05) is 16.8 Å². The molecule has 2 rings (SSSR count). The predicted octanol–water partition coefficient (Wildman–Crippen LogP) is 3.72. The second-order valence-electron chi connectivity index (χ2n) is 4.33. The highest BCUT2D eigenvalue weighted by Gasteiger charge is 2.19. The van der Waals surface area contributed by atoms with E-state index in [4.69, 9.17) is 11.6 Å². The van der Waals surface area contributed by atoms with Gasteiger partial charge in [-0.25, -0.2) is 0 Å². The molecule has 1 aliphatic rings. The molecule has 76 valence electrons. The monoisotopic (exact) mass is 209 g/mol. The first kappa shape index (κ1) is 9.85. The van der Waals surface area contributed by atoms with E-state index in [0.717, 1.165) is 11.4 Å². The zero-order valence-corrected chi connectivity index (χ0v) is 9.43. The lowest BCUT2D eigenvalue weighted by atomic mass is 9.92. The van der Waals surface area contributed by atoms with E-state index in [-0.39, 0.29) is 0 Å². The summed E-state index contributed by atoms with van der Waals surface area (Å²) in [6.45, 7) is 4.52. The van der Waals surface area contributed by atoms with Crippen LogP contribution < -0.4 is 5.32 Å². The Morgan fingerprint density at radius 2 is 2.21 bits per heavy atom. The van der Waals surface area contributed by atoms with Crippen LogP contribution in [0.25, 0.3) is 0 Å². The normalized spacial score (nSPS) is 20.4. The van der Waals surface area contributed by atoms with Crippen LogP contribution in [0.15, 0.2) is 18.2 Å². The molecular weight excluding hydrogens is 194 g/mol. The smallest absolute Gasteiger partial charge is 0.0410 e. The average molecular weight is 210 g/mol. The molecule has 2 heteroatoms. The topological polar surface area (TPSA) is 12.0 Å². The molecule has 0 spiro atoms. The summed E-state index contributed by atoms with van der Waals surface area (Å²) in [5.74, 6) is 0.693. The number of anilines is 1. The number of halogens is 1. The Hall–Kier alpha value is -0.690. The molecule has 0 bridgehead atoms. The molecule has 1 N–H and O–H groups in total. The summed E-state index contributed by atoms with van der Waals surface area (Å²) in [7, 11) is 0. The molecule has 1 aromatic rings. The summed E-state index contributed by atoms with van der Waals surface area (Å²) >= 11 is 5.95. The Balaban J connectivity index is 2.23. The maximum Gasteiger partial charge on any atom is 0.0410 e. The molecule has 1 heterocycles. The van der Waals surface area contributed by atoms with Crippen LogP contribution in [-0.2, 0) is 6.42 Å². The van der Waals surface area contributed by atoms with E-state index in [1.807, 2.05) is 6.07 Å². The Kier molecular flexibility index (Phi) is 2.69. The van der Waals surface area contributed by atoms with Crippen molar-refractivity contribution >= 4 is 17.3 Å². The summed E-state index contributed by atoms with van der Waals surface area (Å²) in [5.41, 5.74) is 2.62. The van der Waals surface area contributed by atoms with Gasteiger partial charge in [-0.3, -0.25) is 0 Å². The Morgan fingerprint density at radius 1 is 1.43 bits per heavy atom. The number of benzene rings is 1. The minimum Gasteiger partial charge on any atom is -0.382 e. The molecule has 0 aliphatic carbocycles. The van der Waals surface area contributed by atoms with E-state index in [2.05, 4.69) is 31.3 Å². The van der Waals surface area contributed by atoms with Crippen LogP contribution in [0.4, 0.5) is 5.69 Å². The van der Waals surface area contributed by atoms with Crippen molar-refractivity contribution in [1.82, 2.24) is 0 Å². The highest BCUT2D eigenvalue weighted by Crippen LogP contribution is 2.29. The van der Waals surface area contributed by atoms with E-state index in [9.17, 15) is 0 Å². The minimum atomic E-state index is 0.615. The van der Waals surface area contributed by atoms with E-state index < -0.39 is 0 Å². The third-order valence-corrected chi connectivity index (χ3v) is 3.17. The van der Waals surface area contributed by atoms with Gasteiger partial charge >= 0.3 is 0 Å². The number of fused-ring (bicyclic) bond motifs is 1. The second kappa shape index (κ2) is 3.82. The van der Waals surface area contributed by atoms with Crippen LogP contribution in [0.2, 0.25) is 5.02 Å². The van der Waals surface area contributed by atoms with Crippen LogP contribution in [0.5, 0.6) is 0 Å². The first-order valence-corrected chi connectivity index (χ1v) is 5.59. The number of nitrogens with one attached hydrogen (secondary N) is 1. The lowest BCUT2D eigenvalue weighted by Gasteiger charge is -2.29. The molecule has 1 unspecified atom stereocenters. The summed E-state index contributed by atoms with van der Waals surface area (Å²) < 4.78 is 0. The van der Waals surface area contributed by atoms with Gasteiger partial charge < -0.3 is 5.32 Å². The lowest BCUT2D eigenvalue weighted by Crippen LogP contribution is -2.30. The highest BCUT2D eigenvalue weighted by atomic mass is 35.5. The van der Waals surface area contributed by atoms with E-state index in [1.54, 1.807) is 0 Å². The number of rotatable bonds is 1. The van der Waals surface area contributed by atoms with Crippen molar-refractivity contribution in [1.29, 1.82) is 0 Å². The van der Waals surface area contributed by atoms with Gasteiger partial charge in [0.2, 0.25) is 0 Å². The van der Waals surface area contributed by atoms with Gasteiger partial charge in [0.1, 0.15) is 0 Å². The third kappa shape index (κ3) is 1.88. The van der Waals surface area contributed by atoms with Crippen LogP contribution >= 0.6 is 11.6 Å². The first-order chi connectivity index (χ1) is 6.66. The SMILES string of the molecule is CC(C)C1CCc2cc(Cl)ccc2N1.